The van der Waals surface area contributed by atoms with Gasteiger partial charge in [0.25, 0.3) is 5.91 Å². The lowest BCUT2D eigenvalue weighted by Gasteiger charge is -2.13. The molecule has 1 amide bonds. The van der Waals surface area contributed by atoms with E-state index in [-0.39, 0.29) is 11.7 Å². The number of aryl methyl sites for hydroxylation is 1. The van der Waals surface area contributed by atoms with Crippen LogP contribution in [0.2, 0.25) is 0 Å². The molecule has 2 aromatic rings. The van der Waals surface area contributed by atoms with E-state index in [2.05, 4.69) is 10.6 Å². The number of nitrogens with one attached hydrogen (secondary N) is 2. The second-order valence-electron chi connectivity index (χ2n) is 4.75. The van der Waals surface area contributed by atoms with E-state index in [1.165, 1.54) is 6.07 Å². The van der Waals surface area contributed by atoms with Crippen LogP contribution in [-0.2, 0) is 0 Å². The lowest BCUT2D eigenvalue weighted by atomic mass is 10.1. The first-order valence-corrected chi connectivity index (χ1v) is 6.72. The van der Waals surface area contributed by atoms with Gasteiger partial charge in [-0.05, 0) is 55.8 Å². The second-order valence-corrected chi connectivity index (χ2v) is 4.75. The number of anilines is 3. The van der Waals surface area contributed by atoms with Crippen LogP contribution in [0.4, 0.5) is 21.5 Å². The maximum absolute atomic E-state index is 13.3. The number of hydrogen-bond donors (Lipinski definition) is 3. The highest BCUT2D eigenvalue weighted by atomic mass is 19.1. The standard InChI is InChI=1S/C16H18FN3O/c1-3-19-16(21)13-6-4-11(18)9-15(13)20-12-5-7-14(17)10(2)8-12/h4-9,20H,3,18H2,1-2H3,(H,19,21). The van der Waals surface area contributed by atoms with Crippen molar-refractivity contribution in [2.24, 2.45) is 0 Å². The van der Waals surface area contributed by atoms with Gasteiger partial charge in [-0.3, -0.25) is 4.79 Å². The molecule has 0 saturated heterocycles. The van der Waals surface area contributed by atoms with Crippen molar-refractivity contribution in [3.63, 3.8) is 0 Å². The van der Waals surface area contributed by atoms with Crippen LogP contribution in [0.5, 0.6) is 0 Å². The van der Waals surface area contributed by atoms with Crippen molar-refractivity contribution >= 4 is 23.0 Å². The average Bonchev–Trinajstić information content (AvgIpc) is 2.43. The maximum atomic E-state index is 13.3. The first-order valence-electron chi connectivity index (χ1n) is 6.72. The fourth-order valence-corrected chi connectivity index (χ4v) is 2.00. The van der Waals surface area contributed by atoms with Crippen LogP contribution in [0.15, 0.2) is 36.4 Å². The summed E-state index contributed by atoms with van der Waals surface area (Å²) in [4.78, 5) is 12.0. The zero-order valence-electron chi connectivity index (χ0n) is 12.0. The van der Waals surface area contributed by atoms with Gasteiger partial charge in [-0.25, -0.2) is 4.39 Å². The molecule has 0 aliphatic rings. The molecule has 5 heteroatoms. The summed E-state index contributed by atoms with van der Waals surface area (Å²) >= 11 is 0. The van der Waals surface area contributed by atoms with Crippen LogP contribution in [0, 0.1) is 12.7 Å². The Hall–Kier alpha value is -2.56. The number of carbonyl (C=O) groups is 1. The van der Waals surface area contributed by atoms with Crippen LogP contribution in [-0.4, -0.2) is 12.5 Å². The largest absolute Gasteiger partial charge is 0.399 e. The molecule has 0 bridgehead atoms. The van der Waals surface area contributed by atoms with Gasteiger partial charge in [0.2, 0.25) is 0 Å². The van der Waals surface area contributed by atoms with Crippen molar-refractivity contribution in [1.29, 1.82) is 0 Å². The van der Waals surface area contributed by atoms with Gasteiger partial charge in [-0.15, -0.1) is 0 Å². The Labute approximate surface area is 123 Å². The third-order valence-electron chi connectivity index (χ3n) is 3.06. The van der Waals surface area contributed by atoms with Crippen molar-refractivity contribution in [3.05, 3.63) is 53.3 Å². The predicted octanol–water partition coefficient (Wildman–Crippen LogP) is 3.21. The minimum absolute atomic E-state index is 0.182. The lowest BCUT2D eigenvalue weighted by Crippen LogP contribution is -2.23. The highest BCUT2D eigenvalue weighted by Crippen LogP contribution is 2.25. The molecule has 4 N–H and O–H groups in total. The van der Waals surface area contributed by atoms with Crippen molar-refractivity contribution in [3.8, 4) is 0 Å². The van der Waals surface area contributed by atoms with Crippen LogP contribution >= 0.6 is 0 Å². The SMILES string of the molecule is CCNC(=O)c1ccc(N)cc1Nc1ccc(F)c(C)c1. The molecule has 2 rings (SSSR count). The van der Waals surface area contributed by atoms with Crippen molar-refractivity contribution < 1.29 is 9.18 Å². The Balaban J connectivity index is 2.35. The highest BCUT2D eigenvalue weighted by Gasteiger charge is 2.11. The zero-order valence-corrected chi connectivity index (χ0v) is 12.0. The summed E-state index contributed by atoms with van der Waals surface area (Å²) in [6, 6.07) is 9.71. The van der Waals surface area contributed by atoms with Crippen LogP contribution in [0.1, 0.15) is 22.8 Å². The van der Waals surface area contributed by atoms with Crippen molar-refractivity contribution in [1.82, 2.24) is 5.32 Å². The van der Waals surface area contributed by atoms with Gasteiger partial charge >= 0.3 is 0 Å². The van der Waals surface area contributed by atoms with E-state index >= 15 is 0 Å². The summed E-state index contributed by atoms with van der Waals surface area (Å²) in [6.45, 7) is 4.08. The van der Waals surface area contributed by atoms with Gasteiger partial charge in [0.05, 0.1) is 11.3 Å². The Morgan fingerprint density at radius 3 is 2.67 bits per heavy atom. The van der Waals surface area contributed by atoms with Crippen LogP contribution < -0.4 is 16.4 Å². The first-order chi connectivity index (χ1) is 10.0. The molecule has 0 aliphatic carbocycles. The van der Waals surface area contributed by atoms with E-state index in [0.29, 0.717) is 34.7 Å². The molecule has 0 heterocycles. The van der Waals surface area contributed by atoms with Gasteiger partial charge in [0.15, 0.2) is 0 Å². The number of nitrogen functional groups attached to an aromatic ring is 1. The summed E-state index contributed by atoms with van der Waals surface area (Å²) in [7, 11) is 0. The summed E-state index contributed by atoms with van der Waals surface area (Å²) < 4.78 is 13.3. The fourth-order valence-electron chi connectivity index (χ4n) is 2.00. The number of benzene rings is 2. The monoisotopic (exact) mass is 287 g/mol. The summed E-state index contributed by atoms with van der Waals surface area (Å²) in [5.74, 6) is -0.448. The molecule has 0 saturated carbocycles. The Bertz CT molecular complexity index is 671. The van der Waals surface area contributed by atoms with E-state index in [1.54, 1.807) is 37.3 Å². The number of carbonyl (C=O) groups excluding carboxylic acids is 1. The lowest BCUT2D eigenvalue weighted by molar-refractivity contribution is 0.0956. The molecule has 0 aromatic heterocycles. The third kappa shape index (κ3) is 3.51. The number of hydrogen-bond acceptors (Lipinski definition) is 3. The van der Waals surface area contributed by atoms with E-state index in [0.717, 1.165) is 0 Å². The number of halogens is 1. The second kappa shape index (κ2) is 6.26. The van der Waals surface area contributed by atoms with E-state index in [1.807, 2.05) is 6.92 Å². The van der Waals surface area contributed by atoms with Gasteiger partial charge < -0.3 is 16.4 Å². The summed E-state index contributed by atoms with van der Waals surface area (Å²) in [5, 5.41) is 5.86. The van der Waals surface area contributed by atoms with E-state index in [9.17, 15) is 9.18 Å². The molecule has 4 nitrogen and oxygen atoms in total. The zero-order chi connectivity index (χ0) is 15.4. The third-order valence-corrected chi connectivity index (χ3v) is 3.06. The highest BCUT2D eigenvalue weighted by molar-refractivity contribution is 6.00. The number of nitrogens with two attached hydrogens (primary N) is 1. The number of amides is 1. The topological polar surface area (TPSA) is 67.2 Å². The molecule has 0 aliphatic heterocycles. The minimum atomic E-state index is -0.267. The molecule has 0 spiro atoms. The predicted molar refractivity (Wildman–Crippen MR) is 83.3 cm³/mol. The van der Waals surface area contributed by atoms with Crippen LogP contribution in [0.3, 0.4) is 0 Å². The number of rotatable bonds is 4. The molecule has 21 heavy (non-hydrogen) atoms. The minimum Gasteiger partial charge on any atom is -0.399 e. The summed E-state index contributed by atoms with van der Waals surface area (Å²) in [5.41, 5.74) is 8.64. The molecule has 110 valence electrons. The van der Waals surface area contributed by atoms with E-state index in [4.69, 9.17) is 5.73 Å². The van der Waals surface area contributed by atoms with Gasteiger partial charge in [-0.1, -0.05) is 0 Å². The Morgan fingerprint density at radius 2 is 2.00 bits per heavy atom. The smallest absolute Gasteiger partial charge is 0.253 e. The Kier molecular flexibility index (Phi) is 4.42. The quantitative estimate of drug-likeness (QED) is 0.756. The van der Waals surface area contributed by atoms with E-state index < -0.39 is 0 Å². The fraction of sp³-hybridized carbons (Fsp3) is 0.188. The molecule has 0 unspecified atom stereocenters. The molecular weight excluding hydrogens is 269 g/mol. The van der Waals surface area contributed by atoms with Crippen molar-refractivity contribution in [2.45, 2.75) is 13.8 Å². The molecule has 0 atom stereocenters. The molecule has 0 radical (unpaired) electrons. The van der Waals surface area contributed by atoms with Gasteiger partial charge in [0, 0.05) is 17.9 Å². The van der Waals surface area contributed by atoms with Crippen LogP contribution in [0.25, 0.3) is 0 Å². The maximum Gasteiger partial charge on any atom is 0.253 e. The molecule has 0 fully saturated rings. The molecule has 2 aromatic carbocycles. The summed E-state index contributed by atoms with van der Waals surface area (Å²) in [6.07, 6.45) is 0. The average molecular weight is 287 g/mol. The van der Waals surface area contributed by atoms with Gasteiger partial charge in [0.1, 0.15) is 5.82 Å². The normalized spacial score (nSPS) is 10.2. The first kappa shape index (κ1) is 14.8. The molecular formula is C16H18FN3O. The Morgan fingerprint density at radius 1 is 1.24 bits per heavy atom. The van der Waals surface area contributed by atoms with Crippen molar-refractivity contribution in [2.75, 3.05) is 17.6 Å². The van der Waals surface area contributed by atoms with Gasteiger partial charge in [-0.2, -0.15) is 0 Å².